The summed E-state index contributed by atoms with van der Waals surface area (Å²) >= 11 is 0.782. The quantitative estimate of drug-likeness (QED) is 0.0708. The molecule has 36 atom stereocenters. The first-order valence-electron chi connectivity index (χ1n) is 38.4. The van der Waals surface area contributed by atoms with Gasteiger partial charge in [-0.25, -0.2) is 0 Å². The van der Waals surface area contributed by atoms with Gasteiger partial charge in [0.05, 0.1) is 39.6 Å². The lowest BCUT2D eigenvalue weighted by molar-refractivity contribution is -0.402. The van der Waals surface area contributed by atoms with E-state index in [1.165, 1.54) is 167 Å². The molecule has 1 aromatic rings. The van der Waals surface area contributed by atoms with Crippen LogP contribution in [0.1, 0.15) is 12.5 Å². The number of rotatable bonds is 34. The van der Waals surface area contributed by atoms with Crippen molar-refractivity contribution in [3.05, 3.63) is 35.9 Å². The summed E-state index contributed by atoms with van der Waals surface area (Å²) in [4.78, 5) is 41.0. The summed E-state index contributed by atoms with van der Waals surface area (Å²) in [5, 5.41) is 15.0. The van der Waals surface area contributed by atoms with E-state index < -0.39 is 244 Å². The van der Waals surface area contributed by atoms with Crippen LogP contribution in [0.25, 0.3) is 6.08 Å². The van der Waals surface area contributed by atoms with Gasteiger partial charge < -0.3 is 177 Å². The van der Waals surface area contributed by atoms with Crippen molar-refractivity contribution in [2.24, 2.45) is 0 Å². The van der Waals surface area contributed by atoms with Crippen LogP contribution in [0.5, 0.6) is 5.75 Å². The first-order valence-corrected chi connectivity index (χ1v) is 39.4. The largest absolute Gasteiger partial charge is 0.508 e. The molecule has 36 unspecified atom stereocenters. The second kappa shape index (κ2) is 48.0. The Balaban J connectivity index is 1.15. The van der Waals surface area contributed by atoms with Crippen LogP contribution in [0.3, 0.4) is 0 Å². The van der Waals surface area contributed by atoms with Gasteiger partial charge in [-0.2, -0.15) is 0 Å². The number of ether oxygens (including phenoxy) is 34. The van der Waals surface area contributed by atoms with Gasteiger partial charge in [0.1, 0.15) is 183 Å². The van der Waals surface area contributed by atoms with Crippen molar-refractivity contribution in [1.82, 2.24) is 10.6 Å². The zero-order valence-electron chi connectivity index (χ0n) is 70.4. The van der Waals surface area contributed by atoms with Crippen molar-refractivity contribution >= 4 is 34.8 Å². The number of thioether (sulfide) groups is 1. The van der Waals surface area contributed by atoms with E-state index in [-0.39, 0.29) is 51.1 Å². The van der Waals surface area contributed by atoms with Crippen molar-refractivity contribution in [2.75, 3.05) is 194 Å². The number of hydrogen-bond acceptors (Lipinski definition) is 39. The molecule has 21 aliphatic rings. The molecule has 22 rings (SSSR count). The topological polar surface area (TPSA) is 409 Å². The molecule has 0 radical (unpaired) electrons. The van der Waals surface area contributed by atoms with Crippen LogP contribution in [0.2, 0.25) is 0 Å². The minimum Gasteiger partial charge on any atom is -0.508 e. The van der Waals surface area contributed by atoms with Crippen LogP contribution < -0.4 is 10.6 Å². The van der Waals surface area contributed by atoms with Gasteiger partial charge in [0.2, 0.25) is 16.9 Å². The van der Waals surface area contributed by atoms with E-state index in [1.54, 1.807) is 18.2 Å². The van der Waals surface area contributed by atoms with Crippen LogP contribution in [-0.4, -0.2) is 437 Å². The molecule has 0 aliphatic carbocycles. The number of carbonyl (C=O) groups excluding carboxylic acids is 3. The van der Waals surface area contributed by atoms with Gasteiger partial charge >= 0.3 is 0 Å². The number of benzene rings is 1. The molecule has 2 amide bonds. The molecule has 3 N–H and O–H groups in total. The third kappa shape index (κ3) is 23.1. The first-order chi connectivity index (χ1) is 56.7. The highest BCUT2D eigenvalue weighted by molar-refractivity contribution is 8.14. The van der Waals surface area contributed by atoms with Gasteiger partial charge in [-0.05, 0) is 23.8 Å². The van der Waals surface area contributed by atoms with Gasteiger partial charge in [-0.1, -0.05) is 30.0 Å². The Morgan fingerprint density at radius 3 is 0.778 bits per heavy atom. The summed E-state index contributed by atoms with van der Waals surface area (Å²) in [5.41, 5.74) is 0.631. The first kappa shape index (κ1) is 97.2. The van der Waals surface area contributed by atoms with E-state index in [0.29, 0.717) is 5.56 Å². The lowest BCUT2D eigenvalue weighted by atomic mass is 9.94. The fourth-order valence-corrected chi connectivity index (χ4v) is 17.2. The average molecular weight is 1710 g/mol. The minimum absolute atomic E-state index is 0.0481. The second-order valence-corrected chi connectivity index (χ2v) is 29.6. The Kier molecular flexibility index (Phi) is 39.9. The third-order valence-corrected chi connectivity index (χ3v) is 22.8. The Bertz CT molecular complexity index is 3080. The van der Waals surface area contributed by atoms with Crippen LogP contribution in [0, 0.1) is 0 Å². The summed E-state index contributed by atoms with van der Waals surface area (Å²) < 4.78 is 222. The molecular weight excluding hydrogens is 1580 g/mol. The number of phenols is 1. The molecule has 21 aliphatic heterocycles. The van der Waals surface area contributed by atoms with Gasteiger partial charge in [-0.3, -0.25) is 14.4 Å². The van der Waals surface area contributed by atoms with Crippen molar-refractivity contribution in [2.45, 2.75) is 228 Å². The van der Waals surface area contributed by atoms with Crippen LogP contribution >= 0.6 is 11.8 Å². The number of carbonyl (C=O) groups is 3. The number of aromatic hydroxyl groups is 1. The van der Waals surface area contributed by atoms with Crippen molar-refractivity contribution in [3.8, 4) is 5.75 Å². The maximum atomic E-state index is 14.7. The third-order valence-electron chi connectivity index (χ3n) is 21.8. The van der Waals surface area contributed by atoms with Gasteiger partial charge in [0.25, 0.3) is 0 Å². The van der Waals surface area contributed by atoms with E-state index >= 15 is 0 Å². The molecular formula is C76H124N2O38S. The fourth-order valence-electron chi connectivity index (χ4n) is 16.4. The number of hydrogen-bond donors (Lipinski definition) is 3. The number of methoxy groups -OCH3 is 20. The van der Waals surface area contributed by atoms with Crippen molar-refractivity contribution in [3.63, 3.8) is 0 Å². The second-order valence-electron chi connectivity index (χ2n) is 28.6. The zero-order valence-corrected chi connectivity index (χ0v) is 71.2. The van der Waals surface area contributed by atoms with E-state index in [4.69, 9.17) is 161 Å². The molecule has 21 saturated heterocycles. The monoisotopic (exact) mass is 1700 g/mol. The molecule has 1 aromatic carbocycles. The molecule has 21 heterocycles. The van der Waals surface area contributed by atoms with E-state index in [2.05, 4.69) is 10.6 Å². The molecule has 0 aromatic heterocycles. The predicted molar refractivity (Wildman–Crippen MR) is 402 cm³/mol. The SMILES string of the molecule is COCC1OC2OC3C(COC)OC(OC4C(COC)OC(OC5C(COC)OC(OC6C(COC)OC(OC7C(COC)OC(OC8C(CNC(=O)C(CSC(=O)/C=C/c9ccc(O)cc9)NC(C)=O)OC(OC1C(OC)C2OC)C(OC)C8OC)C(OC)C7OC)C(OC)C6OC)C(OC)C5OC)C(OC)C4OC)C(OC)C3OC. The molecule has 21 fully saturated rings. The normalized spacial score (nSPS) is 40.7. The standard InChI is InChI=1S/C76H124N2O38S/c1-36(79)78-39(35-117-47(81)27-24-37-22-25-38(80)26-23-37)69(82)77-28-40-48-55(89-8)62(96-15)70(103-40)111-49-41(29-83-2)105-72(64(98-17)56(49)90-9)113-51-43(31-85-4)107-74(66(100-19)58(51)92-11)115-53-45(33-87-6)109-76(68(102-21)60(53)94-13)116-54-46(34-88-7)108-75(67(101-20)61(54)95-14)114-52-44(32-86-5)106-73(65(99-18)59(52)93-12)112-50-42(30-84-3)104-71(110-48)63(97-16)57(50)91-10/h22-27,39-46,48-68,70-76,80H,28-35H2,1-21H3,(H,77,82)(H,78,79)/b27-24+. The highest BCUT2D eigenvalue weighted by atomic mass is 32.2. The molecule has 117 heavy (non-hydrogen) atoms. The smallest absolute Gasteiger partial charge is 0.243 e. The average Bonchev–Trinajstić information content (AvgIpc) is 0.801. The molecule has 0 spiro atoms. The summed E-state index contributed by atoms with van der Waals surface area (Å²) in [6.45, 7) is 0.165. The van der Waals surface area contributed by atoms with Gasteiger partial charge in [0.15, 0.2) is 44.0 Å². The maximum absolute atomic E-state index is 14.7. The summed E-state index contributed by atoms with van der Waals surface area (Å²) in [7, 11) is 29.3. The number of amides is 2. The van der Waals surface area contributed by atoms with Crippen molar-refractivity contribution in [1.29, 1.82) is 0 Å². The molecule has 40 nitrogen and oxygen atoms in total. The Hall–Kier alpha value is -3.64. The maximum Gasteiger partial charge on any atom is 0.243 e. The van der Waals surface area contributed by atoms with Gasteiger partial charge in [0, 0.05) is 161 Å². The van der Waals surface area contributed by atoms with Gasteiger partial charge in [-0.15, -0.1) is 0 Å². The number of phenolic OH excluding ortho intramolecular Hbond substituents is 1. The summed E-state index contributed by atoms with van der Waals surface area (Å²) in [6.07, 6.45) is -37.3. The molecule has 0 saturated carbocycles. The minimum atomic E-state index is -1.47. The summed E-state index contributed by atoms with van der Waals surface area (Å²) in [5.74, 6) is -1.46. The lowest BCUT2D eigenvalue weighted by Gasteiger charge is -2.52. The number of nitrogens with one attached hydrogen (secondary N) is 2. The van der Waals surface area contributed by atoms with E-state index in [1.807, 2.05) is 0 Å². The zero-order chi connectivity index (χ0) is 84.7. The van der Waals surface area contributed by atoms with E-state index in [0.717, 1.165) is 11.8 Å². The molecule has 14 bridgehead atoms. The highest BCUT2D eigenvalue weighted by Gasteiger charge is 2.62. The summed E-state index contributed by atoms with van der Waals surface area (Å²) in [6, 6.07) is 4.91. The Labute approximate surface area is 687 Å². The lowest BCUT2D eigenvalue weighted by Crippen LogP contribution is -2.69. The Morgan fingerprint density at radius 2 is 0.564 bits per heavy atom. The van der Waals surface area contributed by atoms with Crippen LogP contribution in [0.4, 0.5) is 0 Å². The van der Waals surface area contributed by atoms with Crippen LogP contribution in [0.15, 0.2) is 30.3 Å². The molecule has 672 valence electrons. The highest BCUT2D eigenvalue weighted by Crippen LogP contribution is 2.43. The predicted octanol–water partition coefficient (Wildman–Crippen LogP) is -0.841. The van der Waals surface area contributed by atoms with E-state index in [9.17, 15) is 19.5 Å². The Morgan fingerprint density at radius 1 is 0.342 bits per heavy atom. The molecule has 41 heteroatoms. The fraction of sp³-hybridized carbons (Fsp3) is 0.855. The van der Waals surface area contributed by atoms with Crippen molar-refractivity contribution < 1.29 is 181 Å². The van der Waals surface area contributed by atoms with Crippen LogP contribution in [-0.2, 0) is 175 Å².